The van der Waals surface area contributed by atoms with Crippen molar-refractivity contribution in [3.63, 3.8) is 0 Å². The summed E-state index contributed by atoms with van der Waals surface area (Å²) in [6.07, 6.45) is 0.863. The van der Waals surface area contributed by atoms with E-state index in [-0.39, 0.29) is 11.5 Å². The fourth-order valence-electron chi connectivity index (χ4n) is 2.99. The van der Waals surface area contributed by atoms with E-state index < -0.39 is 11.6 Å². The molecule has 0 N–H and O–H groups in total. The SMILES string of the molecule is O=C(c1ccc(F)c(F)c1)N1CCCN(Cc2ccccc2)CC1. The first-order chi connectivity index (χ1) is 11.6. The number of hydrogen-bond donors (Lipinski definition) is 0. The van der Waals surface area contributed by atoms with E-state index >= 15 is 0 Å². The Bertz CT molecular complexity index is 706. The highest BCUT2D eigenvalue weighted by molar-refractivity contribution is 5.94. The largest absolute Gasteiger partial charge is 0.337 e. The Morgan fingerprint density at radius 1 is 0.917 bits per heavy atom. The van der Waals surface area contributed by atoms with Crippen LogP contribution in [-0.4, -0.2) is 41.9 Å². The average Bonchev–Trinajstić information content (AvgIpc) is 2.83. The van der Waals surface area contributed by atoms with Gasteiger partial charge in [0.2, 0.25) is 0 Å². The molecule has 0 atom stereocenters. The molecule has 5 heteroatoms. The lowest BCUT2D eigenvalue weighted by Gasteiger charge is -2.22. The molecule has 1 amide bonds. The summed E-state index contributed by atoms with van der Waals surface area (Å²) in [5.74, 6) is -2.16. The average molecular weight is 330 g/mol. The van der Waals surface area contributed by atoms with Crippen molar-refractivity contribution in [1.29, 1.82) is 0 Å². The van der Waals surface area contributed by atoms with E-state index in [9.17, 15) is 13.6 Å². The maximum atomic E-state index is 13.3. The van der Waals surface area contributed by atoms with Gasteiger partial charge >= 0.3 is 0 Å². The second kappa shape index (κ2) is 7.53. The molecule has 0 spiro atoms. The van der Waals surface area contributed by atoms with E-state index in [0.717, 1.165) is 38.2 Å². The lowest BCUT2D eigenvalue weighted by Crippen LogP contribution is -2.35. The van der Waals surface area contributed by atoms with Crippen LogP contribution in [0.2, 0.25) is 0 Å². The van der Waals surface area contributed by atoms with Gasteiger partial charge < -0.3 is 4.90 Å². The van der Waals surface area contributed by atoms with Crippen LogP contribution in [0.4, 0.5) is 8.78 Å². The predicted octanol–water partition coefficient (Wildman–Crippen LogP) is 3.31. The van der Waals surface area contributed by atoms with Crippen LogP contribution in [0.25, 0.3) is 0 Å². The van der Waals surface area contributed by atoms with E-state index in [4.69, 9.17) is 0 Å². The van der Waals surface area contributed by atoms with Crippen molar-refractivity contribution in [3.8, 4) is 0 Å². The molecule has 0 aliphatic carbocycles. The summed E-state index contributed by atoms with van der Waals surface area (Å²) in [6.45, 7) is 3.75. The molecule has 24 heavy (non-hydrogen) atoms. The molecule has 1 aliphatic rings. The molecule has 0 saturated carbocycles. The van der Waals surface area contributed by atoms with Crippen LogP contribution in [0, 0.1) is 11.6 Å². The van der Waals surface area contributed by atoms with Crippen molar-refractivity contribution in [3.05, 3.63) is 71.3 Å². The van der Waals surface area contributed by atoms with Crippen molar-refractivity contribution < 1.29 is 13.6 Å². The molecule has 2 aromatic carbocycles. The van der Waals surface area contributed by atoms with E-state index in [1.54, 1.807) is 4.90 Å². The summed E-state index contributed by atoms with van der Waals surface area (Å²) in [6, 6.07) is 13.5. The monoisotopic (exact) mass is 330 g/mol. The Balaban J connectivity index is 1.62. The van der Waals surface area contributed by atoms with Gasteiger partial charge in [0.25, 0.3) is 5.91 Å². The number of halogens is 2. The summed E-state index contributed by atoms with van der Waals surface area (Å²) >= 11 is 0. The third kappa shape index (κ3) is 3.97. The van der Waals surface area contributed by atoms with Crippen LogP contribution in [0.3, 0.4) is 0 Å². The third-order valence-corrected chi connectivity index (χ3v) is 4.29. The summed E-state index contributed by atoms with van der Waals surface area (Å²) in [4.78, 5) is 16.5. The zero-order valence-electron chi connectivity index (χ0n) is 13.4. The molecule has 0 radical (unpaired) electrons. The van der Waals surface area contributed by atoms with Crippen LogP contribution in [0.15, 0.2) is 48.5 Å². The number of carbonyl (C=O) groups is 1. The number of carbonyl (C=O) groups excluding carboxylic acids is 1. The minimum atomic E-state index is -0.985. The first kappa shape index (κ1) is 16.6. The lowest BCUT2D eigenvalue weighted by molar-refractivity contribution is 0.0760. The number of rotatable bonds is 3. The highest BCUT2D eigenvalue weighted by atomic mass is 19.2. The minimum Gasteiger partial charge on any atom is -0.337 e. The van der Waals surface area contributed by atoms with Crippen molar-refractivity contribution in [2.24, 2.45) is 0 Å². The smallest absolute Gasteiger partial charge is 0.254 e. The van der Waals surface area contributed by atoms with E-state index in [2.05, 4.69) is 17.0 Å². The van der Waals surface area contributed by atoms with Crippen LogP contribution in [-0.2, 0) is 6.54 Å². The molecule has 2 aromatic rings. The Kier molecular flexibility index (Phi) is 5.20. The molecule has 3 nitrogen and oxygen atoms in total. The molecule has 1 fully saturated rings. The second-order valence-electron chi connectivity index (χ2n) is 6.04. The van der Waals surface area contributed by atoms with Crippen molar-refractivity contribution in [1.82, 2.24) is 9.80 Å². The Labute approximate surface area is 140 Å². The van der Waals surface area contributed by atoms with Gasteiger partial charge in [0, 0.05) is 38.3 Å². The summed E-state index contributed by atoms with van der Waals surface area (Å²) < 4.78 is 26.4. The van der Waals surface area contributed by atoms with Gasteiger partial charge in [-0.05, 0) is 30.2 Å². The normalized spacial score (nSPS) is 16.0. The van der Waals surface area contributed by atoms with Crippen LogP contribution in [0.5, 0.6) is 0 Å². The van der Waals surface area contributed by atoms with E-state index in [1.165, 1.54) is 11.6 Å². The quantitative estimate of drug-likeness (QED) is 0.862. The van der Waals surface area contributed by atoms with Gasteiger partial charge in [-0.15, -0.1) is 0 Å². The zero-order valence-corrected chi connectivity index (χ0v) is 13.4. The second-order valence-corrected chi connectivity index (χ2v) is 6.04. The summed E-state index contributed by atoms with van der Waals surface area (Å²) in [7, 11) is 0. The summed E-state index contributed by atoms with van der Waals surface area (Å²) in [5.41, 5.74) is 1.45. The topological polar surface area (TPSA) is 23.6 Å². The maximum Gasteiger partial charge on any atom is 0.254 e. The number of hydrogen-bond acceptors (Lipinski definition) is 2. The Morgan fingerprint density at radius 3 is 2.46 bits per heavy atom. The molecular weight excluding hydrogens is 310 g/mol. The van der Waals surface area contributed by atoms with Crippen LogP contribution < -0.4 is 0 Å². The van der Waals surface area contributed by atoms with Crippen molar-refractivity contribution in [2.45, 2.75) is 13.0 Å². The van der Waals surface area contributed by atoms with Gasteiger partial charge in [-0.3, -0.25) is 9.69 Å². The summed E-state index contributed by atoms with van der Waals surface area (Å²) in [5, 5.41) is 0. The van der Waals surface area contributed by atoms with Crippen LogP contribution in [0.1, 0.15) is 22.3 Å². The Morgan fingerprint density at radius 2 is 1.71 bits per heavy atom. The van der Waals surface area contributed by atoms with Gasteiger partial charge in [0.15, 0.2) is 11.6 Å². The number of benzene rings is 2. The molecule has 1 saturated heterocycles. The highest BCUT2D eigenvalue weighted by Crippen LogP contribution is 2.14. The molecule has 3 rings (SSSR count). The third-order valence-electron chi connectivity index (χ3n) is 4.29. The minimum absolute atomic E-state index is 0.199. The first-order valence-electron chi connectivity index (χ1n) is 8.14. The maximum absolute atomic E-state index is 13.3. The van der Waals surface area contributed by atoms with Crippen molar-refractivity contribution in [2.75, 3.05) is 26.2 Å². The van der Waals surface area contributed by atoms with Gasteiger partial charge in [-0.25, -0.2) is 8.78 Å². The van der Waals surface area contributed by atoms with Gasteiger partial charge in [0.05, 0.1) is 0 Å². The first-order valence-corrected chi connectivity index (χ1v) is 8.14. The standard InChI is InChI=1S/C19H20F2N2O/c20-17-8-7-16(13-18(17)21)19(24)23-10-4-9-22(11-12-23)14-15-5-2-1-3-6-15/h1-3,5-8,13H,4,9-12,14H2. The van der Waals surface area contributed by atoms with E-state index in [0.29, 0.717) is 13.1 Å². The predicted molar refractivity (Wildman–Crippen MR) is 88.6 cm³/mol. The molecule has 1 heterocycles. The van der Waals surface area contributed by atoms with Gasteiger partial charge in [0.1, 0.15) is 0 Å². The highest BCUT2D eigenvalue weighted by Gasteiger charge is 2.21. The molecule has 126 valence electrons. The molecule has 0 aromatic heterocycles. The zero-order chi connectivity index (χ0) is 16.9. The fourth-order valence-corrected chi connectivity index (χ4v) is 2.99. The Hall–Kier alpha value is -2.27. The number of nitrogens with zero attached hydrogens (tertiary/aromatic N) is 2. The van der Waals surface area contributed by atoms with Gasteiger partial charge in [-0.2, -0.15) is 0 Å². The number of amides is 1. The van der Waals surface area contributed by atoms with E-state index in [1.807, 2.05) is 18.2 Å². The molecule has 0 unspecified atom stereocenters. The van der Waals surface area contributed by atoms with Gasteiger partial charge in [-0.1, -0.05) is 30.3 Å². The lowest BCUT2D eigenvalue weighted by atomic mass is 10.2. The molecule has 1 aliphatic heterocycles. The van der Waals surface area contributed by atoms with Crippen molar-refractivity contribution >= 4 is 5.91 Å². The van der Waals surface area contributed by atoms with Crippen LogP contribution >= 0.6 is 0 Å². The molecule has 0 bridgehead atoms. The fraction of sp³-hybridized carbons (Fsp3) is 0.316. The molecular formula is C19H20F2N2O.